The van der Waals surface area contributed by atoms with E-state index in [0.29, 0.717) is 5.69 Å². The zero-order valence-corrected chi connectivity index (χ0v) is 13.3. The average Bonchev–Trinajstić information content (AvgIpc) is 2.82. The van der Waals surface area contributed by atoms with E-state index in [1.165, 1.54) is 23.1 Å². The van der Waals surface area contributed by atoms with Gasteiger partial charge in [-0.2, -0.15) is 0 Å². The molecule has 2 aromatic rings. The van der Waals surface area contributed by atoms with Gasteiger partial charge < -0.3 is 5.32 Å². The molecule has 1 heterocycles. The molecule has 1 N–H and O–H groups in total. The second-order valence-electron chi connectivity index (χ2n) is 4.57. The van der Waals surface area contributed by atoms with Crippen molar-refractivity contribution in [2.75, 3.05) is 11.6 Å². The molecule has 1 aromatic carbocycles. The summed E-state index contributed by atoms with van der Waals surface area (Å²) in [7, 11) is -3.28. The van der Waals surface area contributed by atoms with Gasteiger partial charge in [0.05, 0.1) is 4.90 Å². The molecular formula is C15H15NO3S2. The van der Waals surface area contributed by atoms with Crippen LogP contribution in [0.25, 0.3) is 6.08 Å². The summed E-state index contributed by atoms with van der Waals surface area (Å²) in [6.45, 7) is 2.00. The average molecular weight is 321 g/mol. The lowest BCUT2D eigenvalue weighted by Gasteiger charge is -2.04. The number of amides is 1. The Kier molecular flexibility index (Phi) is 4.59. The van der Waals surface area contributed by atoms with Gasteiger partial charge in [0, 0.05) is 27.8 Å². The van der Waals surface area contributed by atoms with Crippen LogP contribution in [0.5, 0.6) is 0 Å². The monoisotopic (exact) mass is 321 g/mol. The number of thiophene rings is 1. The molecule has 0 bridgehead atoms. The summed E-state index contributed by atoms with van der Waals surface area (Å²) in [5.41, 5.74) is 0.454. The van der Waals surface area contributed by atoms with Gasteiger partial charge in [0.25, 0.3) is 0 Å². The molecule has 0 radical (unpaired) electrons. The van der Waals surface area contributed by atoms with Crippen molar-refractivity contribution in [1.29, 1.82) is 0 Å². The molecule has 0 aliphatic heterocycles. The smallest absolute Gasteiger partial charge is 0.248 e. The van der Waals surface area contributed by atoms with Crippen LogP contribution < -0.4 is 5.32 Å². The minimum absolute atomic E-state index is 0.179. The van der Waals surface area contributed by atoms with E-state index in [0.717, 1.165) is 11.1 Å². The molecule has 0 saturated heterocycles. The molecular weight excluding hydrogens is 306 g/mol. The summed E-state index contributed by atoms with van der Waals surface area (Å²) in [6, 6.07) is 10.1. The second-order valence-corrected chi connectivity index (χ2v) is 7.91. The van der Waals surface area contributed by atoms with Crippen LogP contribution in [0.4, 0.5) is 5.69 Å². The molecule has 0 atom stereocenters. The number of sulfone groups is 1. The van der Waals surface area contributed by atoms with Gasteiger partial charge in [0.2, 0.25) is 5.91 Å². The van der Waals surface area contributed by atoms with Gasteiger partial charge in [-0.25, -0.2) is 8.42 Å². The predicted molar refractivity (Wildman–Crippen MR) is 86.3 cm³/mol. The molecule has 0 aliphatic rings. The first kappa shape index (κ1) is 15.5. The molecule has 21 heavy (non-hydrogen) atoms. The highest BCUT2D eigenvalue weighted by Gasteiger charge is 2.08. The molecule has 4 nitrogen and oxygen atoms in total. The first-order chi connectivity index (χ1) is 9.84. The summed E-state index contributed by atoms with van der Waals surface area (Å²) >= 11 is 1.60. The van der Waals surface area contributed by atoms with Gasteiger partial charge in [0.1, 0.15) is 0 Å². The van der Waals surface area contributed by atoms with E-state index in [4.69, 9.17) is 0 Å². The third-order valence-corrected chi connectivity index (χ3v) is 4.77. The van der Waals surface area contributed by atoms with Gasteiger partial charge in [-0.15, -0.1) is 11.3 Å². The fraction of sp³-hybridized carbons (Fsp3) is 0.133. The Morgan fingerprint density at radius 2 is 2.00 bits per heavy atom. The van der Waals surface area contributed by atoms with Gasteiger partial charge in [-0.1, -0.05) is 6.07 Å². The molecule has 0 aliphatic carbocycles. The molecule has 6 heteroatoms. The maximum absolute atomic E-state index is 11.8. The Bertz CT molecular complexity index is 789. The second kappa shape index (κ2) is 6.24. The van der Waals surface area contributed by atoms with Crippen LogP contribution in [0.2, 0.25) is 0 Å². The molecule has 1 aromatic heterocycles. The maximum atomic E-state index is 11.8. The highest BCUT2D eigenvalue weighted by molar-refractivity contribution is 7.90. The van der Waals surface area contributed by atoms with E-state index < -0.39 is 9.84 Å². The predicted octanol–water partition coefficient (Wildman–Crippen LogP) is 3.11. The number of hydrogen-bond donors (Lipinski definition) is 1. The molecule has 0 unspecified atom stereocenters. The van der Waals surface area contributed by atoms with Crippen LogP contribution >= 0.6 is 11.3 Å². The van der Waals surface area contributed by atoms with Gasteiger partial charge in [-0.3, -0.25) is 4.79 Å². The van der Waals surface area contributed by atoms with Crippen LogP contribution in [-0.4, -0.2) is 20.6 Å². The maximum Gasteiger partial charge on any atom is 0.248 e. The first-order valence-corrected chi connectivity index (χ1v) is 8.91. The molecule has 0 fully saturated rings. The normalized spacial score (nSPS) is 11.7. The van der Waals surface area contributed by atoms with E-state index >= 15 is 0 Å². The van der Waals surface area contributed by atoms with Gasteiger partial charge in [-0.05, 0) is 43.3 Å². The Balaban J connectivity index is 2.08. The third kappa shape index (κ3) is 4.54. The number of hydrogen-bond acceptors (Lipinski definition) is 4. The van der Waals surface area contributed by atoms with Gasteiger partial charge in [0.15, 0.2) is 9.84 Å². The minimum atomic E-state index is -3.28. The highest BCUT2D eigenvalue weighted by atomic mass is 32.2. The number of rotatable bonds is 4. The summed E-state index contributed by atoms with van der Waals surface area (Å²) in [6.07, 6.45) is 4.29. The van der Waals surface area contributed by atoms with E-state index in [2.05, 4.69) is 5.32 Å². The SMILES string of the molecule is Cc1ccc(/C=C/C(=O)Nc2cccc(S(C)(=O)=O)c2)s1. The topological polar surface area (TPSA) is 63.2 Å². The number of anilines is 1. The summed E-state index contributed by atoms with van der Waals surface area (Å²) in [4.78, 5) is 14.2. The quantitative estimate of drug-likeness (QED) is 0.880. The first-order valence-electron chi connectivity index (χ1n) is 6.20. The number of benzene rings is 1. The Hall–Kier alpha value is -1.92. The fourth-order valence-corrected chi connectivity index (χ4v) is 3.14. The Morgan fingerprint density at radius 3 is 2.62 bits per heavy atom. The van der Waals surface area contributed by atoms with E-state index in [1.54, 1.807) is 29.5 Å². The van der Waals surface area contributed by atoms with Crippen LogP contribution in [0.1, 0.15) is 9.75 Å². The van der Waals surface area contributed by atoms with Crippen molar-refractivity contribution in [2.45, 2.75) is 11.8 Å². The largest absolute Gasteiger partial charge is 0.322 e. The lowest BCUT2D eigenvalue weighted by atomic mass is 10.3. The number of carbonyl (C=O) groups excluding carboxylic acids is 1. The molecule has 110 valence electrons. The number of nitrogens with one attached hydrogen (secondary N) is 1. The number of carbonyl (C=O) groups is 1. The summed E-state index contributed by atoms with van der Waals surface area (Å²) < 4.78 is 22.9. The molecule has 0 saturated carbocycles. The van der Waals surface area contributed by atoms with Crippen molar-refractivity contribution < 1.29 is 13.2 Å². The third-order valence-electron chi connectivity index (χ3n) is 2.69. The lowest BCUT2D eigenvalue weighted by Crippen LogP contribution is -2.08. The zero-order valence-electron chi connectivity index (χ0n) is 11.7. The minimum Gasteiger partial charge on any atom is -0.322 e. The number of aryl methyl sites for hydroxylation is 1. The van der Waals surface area contributed by atoms with Crippen LogP contribution in [0.15, 0.2) is 47.4 Å². The highest BCUT2D eigenvalue weighted by Crippen LogP contribution is 2.17. The lowest BCUT2D eigenvalue weighted by molar-refractivity contribution is -0.111. The van der Waals surface area contributed by atoms with E-state index in [9.17, 15) is 13.2 Å². The molecule has 1 amide bonds. The van der Waals surface area contributed by atoms with Crippen molar-refractivity contribution in [2.24, 2.45) is 0 Å². The Morgan fingerprint density at radius 1 is 1.24 bits per heavy atom. The Labute approximate surface area is 128 Å². The van der Waals surface area contributed by atoms with Crippen molar-refractivity contribution in [3.05, 3.63) is 52.2 Å². The summed E-state index contributed by atoms with van der Waals surface area (Å²) in [5.74, 6) is -0.299. The van der Waals surface area contributed by atoms with Crippen molar-refractivity contribution in [3.63, 3.8) is 0 Å². The summed E-state index contributed by atoms with van der Waals surface area (Å²) in [5, 5.41) is 2.65. The van der Waals surface area contributed by atoms with Crippen molar-refractivity contribution >= 4 is 38.8 Å². The van der Waals surface area contributed by atoms with E-state index in [1.807, 2.05) is 19.1 Å². The molecule has 0 spiro atoms. The van der Waals surface area contributed by atoms with Crippen LogP contribution in [-0.2, 0) is 14.6 Å². The van der Waals surface area contributed by atoms with Crippen LogP contribution in [0, 0.1) is 6.92 Å². The van der Waals surface area contributed by atoms with Crippen LogP contribution in [0.3, 0.4) is 0 Å². The zero-order chi connectivity index (χ0) is 15.5. The van der Waals surface area contributed by atoms with Gasteiger partial charge >= 0.3 is 0 Å². The molecule has 2 rings (SSSR count). The standard InChI is InChI=1S/C15H15NO3S2/c1-11-6-7-13(20-11)8-9-15(17)16-12-4-3-5-14(10-12)21(2,18)19/h3-10H,1-2H3,(H,16,17)/b9-8+. The fourth-order valence-electron chi connectivity index (χ4n) is 1.69. The van der Waals surface area contributed by atoms with Crippen molar-refractivity contribution in [1.82, 2.24) is 0 Å². The van der Waals surface area contributed by atoms with E-state index in [-0.39, 0.29) is 10.8 Å². The van der Waals surface area contributed by atoms with Crippen molar-refractivity contribution in [3.8, 4) is 0 Å².